The van der Waals surface area contributed by atoms with Gasteiger partial charge >= 0.3 is 5.97 Å². The second-order valence-electron chi connectivity index (χ2n) is 6.13. The summed E-state index contributed by atoms with van der Waals surface area (Å²) in [5.41, 5.74) is 1.26. The van der Waals surface area contributed by atoms with Gasteiger partial charge in [0.05, 0.1) is 26.9 Å². The van der Waals surface area contributed by atoms with E-state index in [4.69, 9.17) is 23.7 Å². The highest BCUT2D eigenvalue weighted by molar-refractivity contribution is 5.74. The maximum absolute atomic E-state index is 12.0. The van der Waals surface area contributed by atoms with Crippen molar-refractivity contribution in [2.45, 2.75) is 18.4 Å². The van der Waals surface area contributed by atoms with Crippen molar-refractivity contribution in [1.29, 1.82) is 0 Å². The van der Waals surface area contributed by atoms with Crippen LogP contribution in [0, 0.1) is 0 Å². The van der Waals surface area contributed by atoms with E-state index in [0.717, 1.165) is 5.56 Å². The average Bonchev–Trinajstić information content (AvgIpc) is 2.76. The van der Waals surface area contributed by atoms with Crippen molar-refractivity contribution < 1.29 is 33.6 Å². The van der Waals surface area contributed by atoms with Crippen LogP contribution in [0.4, 0.5) is 0 Å². The molecule has 0 bridgehead atoms. The predicted octanol–water partition coefficient (Wildman–Crippen LogP) is 2.40. The number of carbonyl (C=O) groups is 1. The number of rotatable bonds is 11. The first-order chi connectivity index (χ1) is 14.0. The fourth-order valence-electron chi connectivity index (χ4n) is 3.14. The largest absolute Gasteiger partial charge is 0.493 e. The van der Waals surface area contributed by atoms with Crippen molar-refractivity contribution in [2.75, 3.05) is 35.5 Å². The van der Waals surface area contributed by atoms with Crippen molar-refractivity contribution in [1.82, 2.24) is 5.32 Å². The number of nitrogens with one attached hydrogen (secondary N) is 1. The number of aliphatic carboxylic acids is 1. The van der Waals surface area contributed by atoms with Crippen molar-refractivity contribution in [3.8, 4) is 17.2 Å². The summed E-state index contributed by atoms with van der Waals surface area (Å²) in [6.07, 6.45) is 0.222. The third-order valence-electron chi connectivity index (χ3n) is 4.58. The lowest BCUT2D eigenvalue weighted by Gasteiger charge is -2.35. The van der Waals surface area contributed by atoms with Crippen LogP contribution in [-0.2, 0) is 26.6 Å². The zero-order chi connectivity index (χ0) is 21.4. The Morgan fingerprint density at radius 1 is 0.931 bits per heavy atom. The number of carboxylic acid groups (broad SMARTS) is 1. The fourth-order valence-corrected chi connectivity index (χ4v) is 3.14. The maximum atomic E-state index is 12.0. The molecule has 8 heteroatoms. The van der Waals surface area contributed by atoms with Gasteiger partial charge in [0, 0.05) is 14.2 Å². The Hall–Kier alpha value is -2.81. The molecule has 0 saturated carbocycles. The van der Waals surface area contributed by atoms with Crippen LogP contribution in [0.25, 0.3) is 0 Å². The average molecular weight is 405 g/mol. The van der Waals surface area contributed by atoms with Gasteiger partial charge in [0.15, 0.2) is 11.5 Å². The molecule has 0 fully saturated rings. The third-order valence-corrected chi connectivity index (χ3v) is 4.58. The van der Waals surface area contributed by atoms with Crippen LogP contribution in [0.2, 0.25) is 0 Å². The summed E-state index contributed by atoms with van der Waals surface area (Å²) in [7, 11) is 7.28. The van der Waals surface area contributed by atoms with Gasteiger partial charge in [-0.05, 0) is 24.1 Å². The molecule has 0 spiro atoms. The lowest BCUT2D eigenvalue weighted by Crippen LogP contribution is -2.54. The van der Waals surface area contributed by atoms with Crippen LogP contribution < -0.4 is 19.5 Å². The minimum atomic E-state index is -1.61. The van der Waals surface area contributed by atoms with E-state index in [-0.39, 0.29) is 6.42 Å². The summed E-state index contributed by atoms with van der Waals surface area (Å²) < 4.78 is 27.5. The van der Waals surface area contributed by atoms with E-state index in [1.165, 1.54) is 35.5 Å². The topological polar surface area (TPSA) is 95.5 Å². The van der Waals surface area contributed by atoms with Crippen molar-refractivity contribution >= 4 is 5.97 Å². The molecule has 0 aliphatic carbocycles. The summed E-state index contributed by atoms with van der Waals surface area (Å²) in [5, 5.41) is 12.8. The number of hydrogen-bond acceptors (Lipinski definition) is 7. The molecule has 0 radical (unpaired) electrons. The van der Waals surface area contributed by atoms with Gasteiger partial charge in [0.1, 0.15) is 6.04 Å². The van der Waals surface area contributed by atoms with E-state index in [1.807, 2.05) is 30.3 Å². The van der Waals surface area contributed by atoms with E-state index in [1.54, 1.807) is 12.1 Å². The van der Waals surface area contributed by atoms with E-state index in [0.29, 0.717) is 22.8 Å². The molecule has 0 aliphatic rings. The number of ether oxygens (including phenoxy) is 5. The first-order valence-corrected chi connectivity index (χ1v) is 8.90. The third kappa shape index (κ3) is 4.79. The Labute approximate surface area is 170 Å². The normalized spacial score (nSPS) is 12.3. The smallest absolute Gasteiger partial charge is 0.321 e. The number of benzene rings is 2. The maximum Gasteiger partial charge on any atom is 0.321 e. The Balaban J connectivity index is 2.51. The summed E-state index contributed by atoms with van der Waals surface area (Å²) in [4.78, 5) is 12.0. The molecular formula is C21H27NO7. The SMILES string of the molecule is COc1ccc(C(NC(Cc2ccccc2)C(=O)O)(OC)OC)c(OC)c1OC. The van der Waals surface area contributed by atoms with Gasteiger partial charge in [-0.15, -0.1) is 0 Å². The summed E-state index contributed by atoms with van der Waals surface area (Å²) in [6.45, 7) is 0. The molecule has 8 nitrogen and oxygen atoms in total. The molecule has 1 unspecified atom stereocenters. The number of carboxylic acids is 1. The highest BCUT2D eigenvalue weighted by Crippen LogP contribution is 2.44. The molecular weight excluding hydrogens is 378 g/mol. The molecule has 2 aromatic carbocycles. The van der Waals surface area contributed by atoms with Crippen molar-refractivity contribution in [3.05, 3.63) is 53.6 Å². The van der Waals surface area contributed by atoms with E-state index in [2.05, 4.69) is 5.32 Å². The van der Waals surface area contributed by atoms with Crippen LogP contribution in [0.15, 0.2) is 42.5 Å². The van der Waals surface area contributed by atoms with Gasteiger partial charge in [-0.1, -0.05) is 30.3 Å². The highest BCUT2D eigenvalue weighted by atomic mass is 16.7. The van der Waals surface area contributed by atoms with Gasteiger partial charge in [-0.2, -0.15) is 0 Å². The molecule has 2 rings (SSSR count). The van der Waals surface area contributed by atoms with Gasteiger partial charge in [0.25, 0.3) is 5.91 Å². The van der Waals surface area contributed by atoms with Crippen LogP contribution in [0.3, 0.4) is 0 Å². The molecule has 2 aromatic rings. The zero-order valence-electron chi connectivity index (χ0n) is 17.2. The molecule has 2 N–H and O–H groups in total. The Kier molecular flexibility index (Phi) is 7.83. The van der Waals surface area contributed by atoms with Gasteiger partial charge < -0.3 is 28.8 Å². The van der Waals surface area contributed by atoms with Crippen LogP contribution in [-0.4, -0.2) is 52.7 Å². The highest BCUT2D eigenvalue weighted by Gasteiger charge is 2.41. The summed E-state index contributed by atoms with van der Waals surface area (Å²) >= 11 is 0. The lowest BCUT2D eigenvalue weighted by atomic mass is 10.0. The van der Waals surface area contributed by atoms with Crippen LogP contribution >= 0.6 is 0 Å². The molecule has 0 heterocycles. The van der Waals surface area contributed by atoms with E-state index in [9.17, 15) is 9.90 Å². The molecule has 29 heavy (non-hydrogen) atoms. The van der Waals surface area contributed by atoms with Crippen molar-refractivity contribution in [3.63, 3.8) is 0 Å². The standard InChI is InChI=1S/C21H27NO7/c1-25-17-12-11-15(18(26-2)19(17)27-3)21(28-4,29-5)22-16(20(23)24)13-14-9-7-6-8-10-14/h6-12,16,22H,13H2,1-5H3,(H,23,24). The van der Waals surface area contributed by atoms with Gasteiger partial charge in [-0.25, -0.2) is 5.32 Å². The second-order valence-corrected chi connectivity index (χ2v) is 6.13. The quantitative estimate of drug-likeness (QED) is 0.551. The van der Waals surface area contributed by atoms with Gasteiger partial charge in [-0.3, -0.25) is 4.79 Å². The monoisotopic (exact) mass is 405 g/mol. The van der Waals surface area contributed by atoms with E-state index < -0.39 is 17.9 Å². The first-order valence-electron chi connectivity index (χ1n) is 8.90. The zero-order valence-corrected chi connectivity index (χ0v) is 17.2. The summed E-state index contributed by atoms with van der Waals surface area (Å²) in [5.74, 6) is -1.57. The fraction of sp³-hybridized carbons (Fsp3) is 0.381. The second kappa shape index (κ2) is 10.1. The Morgan fingerprint density at radius 3 is 2.03 bits per heavy atom. The molecule has 0 amide bonds. The van der Waals surface area contributed by atoms with Crippen LogP contribution in [0.5, 0.6) is 17.2 Å². The Morgan fingerprint density at radius 2 is 1.55 bits per heavy atom. The molecule has 0 saturated heterocycles. The van der Waals surface area contributed by atoms with Gasteiger partial charge in [0.2, 0.25) is 5.75 Å². The summed E-state index contributed by atoms with van der Waals surface area (Å²) in [6, 6.07) is 11.6. The Bertz CT molecular complexity index is 806. The lowest BCUT2D eigenvalue weighted by molar-refractivity contribution is -0.244. The molecule has 158 valence electrons. The number of hydrogen-bond donors (Lipinski definition) is 2. The van der Waals surface area contributed by atoms with Crippen molar-refractivity contribution in [2.24, 2.45) is 0 Å². The minimum Gasteiger partial charge on any atom is -0.493 e. The van der Waals surface area contributed by atoms with E-state index >= 15 is 0 Å². The number of methoxy groups -OCH3 is 5. The predicted molar refractivity (Wildman–Crippen MR) is 106 cm³/mol. The van der Waals surface area contributed by atoms with Crippen LogP contribution in [0.1, 0.15) is 11.1 Å². The first kappa shape index (κ1) is 22.5. The molecule has 0 aliphatic heterocycles. The molecule has 0 aromatic heterocycles. The minimum absolute atomic E-state index is 0.222. The molecule has 1 atom stereocenters.